The van der Waals surface area contributed by atoms with Gasteiger partial charge in [0.2, 0.25) is 0 Å². The van der Waals surface area contributed by atoms with Crippen molar-refractivity contribution in [1.29, 1.82) is 0 Å². The Morgan fingerprint density at radius 3 is 1.55 bits per heavy atom. The van der Waals surface area contributed by atoms with Crippen LogP contribution < -0.4 is 134 Å². The summed E-state index contributed by atoms with van der Waals surface area (Å²) in [5.41, 5.74) is -3.47. The Bertz CT molecular complexity index is 2120. The van der Waals surface area contributed by atoms with E-state index in [0.717, 1.165) is 30.3 Å². The second-order valence-electron chi connectivity index (χ2n) is 8.94. The van der Waals surface area contributed by atoms with Crippen molar-refractivity contribution in [1.82, 2.24) is 0 Å². The third-order valence-electron chi connectivity index (χ3n) is 5.81. The molecule has 0 aliphatic carbocycles. The summed E-state index contributed by atoms with van der Waals surface area (Å²) in [6.45, 7) is -0.951. The van der Waals surface area contributed by atoms with E-state index in [4.69, 9.17) is 0 Å². The van der Waals surface area contributed by atoms with Crippen LogP contribution in [0.2, 0.25) is 0 Å². The molecule has 0 spiro atoms. The van der Waals surface area contributed by atoms with Crippen LogP contribution in [0.1, 0.15) is 10.4 Å². The fourth-order valence-corrected chi connectivity index (χ4v) is 7.09. The Balaban J connectivity index is 0. The van der Waals surface area contributed by atoms with Crippen LogP contribution in [0.4, 0.5) is 22.7 Å². The molecule has 3 rings (SSSR count). The van der Waals surface area contributed by atoms with Crippen molar-refractivity contribution < 1.29 is 206 Å². The van der Waals surface area contributed by atoms with Gasteiger partial charge in [0.15, 0.2) is 55.8 Å². The number of aromatic hydroxyl groups is 2. The first-order valence-electron chi connectivity index (χ1n) is 12.8. The number of carbonyl (C=O) groups excluding carboxylic acids is 1. The van der Waals surface area contributed by atoms with Crippen molar-refractivity contribution in [3.63, 3.8) is 0 Å². The Morgan fingerprint density at radius 2 is 1.09 bits per heavy atom. The predicted octanol–water partition coefficient (Wildman–Crippen LogP) is -11.6. The van der Waals surface area contributed by atoms with E-state index in [1.165, 1.54) is 12.1 Å². The number of phenols is 2. The molecule has 0 fully saturated rings. The molecular weight excluding hydrogens is 889 g/mol. The predicted molar refractivity (Wildman–Crippen MR) is 159 cm³/mol. The number of carboxylic acid groups (broad SMARTS) is 1. The zero-order valence-electron chi connectivity index (χ0n) is 28.6. The fourth-order valence-electron chi connectivity index (χ4n) is 3.54. The van der Waals surface area contributed by atoms with Crippen LogP contribution in [-0.2, 0) is 56.9 Å². The van der Waals surface area contributed by atoms with Crippen LogP contribution in [0, 0.1) is 0 Å². The second-order valence-corrected chi connectivity index (χ2v) is 15.5. The van der Waals surface area contributed by atoms with Gasteiger partial charge in [0.25, 0.3) is 0 Å². The van der Waals surface area contributed by atoms with Gasteiger partial charge in [0.05, 0.1) is 56.6 Å². The number of hydrogen-bond acceptors (Lipinski definition) is 25. The molecule has 3 aromatic carbocycles. The van der Waals surface area contributed by atoms with Crippen LogP contribution in [0.25, 0.3) is 0 Å². The van der Waals surface area contributed by atoms with E-state index in [2.05, 4.69) is 47.6 Å². The van der Waals surface area contributed by atoms with Gasteiger partial charge in [0.1, 0.15) is 27.2 Å². The number of nitrogens with zero attached hydrogens (tertiary/aromatic N) is 4. The van der Waals surface area contributed by atoms with Crippen LogP contribution in [0.3, 0.4) is 0 Å². The van der Waals surface area contributed by atoms with Crippen LogP contribution in [0.5, 0.6) is 11.5 Å². The largest absolute Gasteiger partial charge is 1.00 e. The number of carboxylic acids is 1. The average molecular weight is 907 g/mol. The van der Waals surface area contributed by atoms with E-state index in [9.17, 15) is 60.4 Å². The minimum Gasteiger partial charge on any atom is -0.744 e. The molecule has 0 bridgehead atoms. The van der Waals surface area contributed by atoms with Crippen LogP contribution >= 0.6 is 24.6 Å². The fraction of sp³-hybridized carbons (Fsp3) is 0.174. The van der Waals surface area contributed by atoms with Crippen molar-refractivity contribution in [2.45, 2.75) is 14.7 Å². The number of carbonyl (C=O) groups is 1. The smallest absolute Gasteiger partial charge is 0.744 e. The summed E-state index contributed by atoms with van der Waals surface area (Å²) in [6.07, 6.45) is 0. The molecule has 2 N–H and O–H groups in total. The maximum absolute atomic E-state index is 12.6. The number of hydrogen-bond donors (Lipinski definition) is 2. The minimum atomic E-state index is -5.44. The van der Waals surface area contributed by atoms with Crippen LogP contribution in [0.15, 0.2) is 83.7 Å². The summed E-state index contributed by atoms with van der Waals surface area (Å²) in [5.74, 6) is -5.83. The normalized spacial score (nSPS) is 11.7. The first-order valence-corrected chi connectivity index (χ1v) is 18.8. The van der Waals surface area contributed by atoms with Gasteiger partial charge in [-0.15, -0.1) is 24.0 Å². The van der Waals surface area contributed by atoms with Crippen molar-refractivity contribution >= 4 is 83.2 Å². The van der Waals surface area contributed by atoms with Crippen molar-refractivity contribution in [3.05, 3.63) is 54.1 Å². The molecule has 23 nitrogen and oxygen atoms in total. The van der Waals surface area contributed by atoms with Crippen molar-refractivity contribution in [2.24, 2.45) is 20.5 Å². The van der Waals surface area contributed by atoms with E-state index in [1.807, 2.05) is 0 Å². The summed E-state index contributed by atoms with van der Waals surface area (Å²) in [5, 5.41) is 72.6. The first kappa shape index (κ1) is 57.2. The zero-order chi connectivity index (χ0) is 37.8. The van der Waals surface area contributed by atoms with Gasteiger partial charge < -0.3 is 35.2 Å². The number of benzene rings is 3. The Hall–Kier alpha value is 0.120. The summed E-state index contributed by atoms with van der Waals surface area (Å²) >= 11 is 0.139. The molecular formula is C23H18N4Na4O19S5. The van der Waals surface area contributed by atoms with Gasteiger partial charge in [-0.05, 0) is 42.5 Å². The zero-order valence-corrected chi connectivity index (χ0v) is 40.7. The van der Waals surface area contributed by atoms with Gasteiger partial charge in [0, 0.05) is 6.07 Å². The van der Waals surface area contributed by atoms with Crippen molar-refractivity contribution in [2.75, 3.05) is 24.7 Å². The average Bonchev–Trinajstić information content (AvgIpc) is 3.07. The monoisotopic (exact) mass is 906 g/mol. The molecule has 0 aliphatic rings. The SMILES string of the molecule is O=C([O-])c1c(O)c(N=Nc2ccc(S(=O)(=O)CCOSOO[O-])cc2)cc(N=Nc2ccc(S(=O)(=O)CCOSOO[O-])cc2S(=O)(=O)[O-])c1O.[Na+].[Na+].[Na+].[Na+]. The summed E-state index contributed by atoms with van der Waals surface area (Å²) in [4.78, 5) is 9.67. The Kier molecular flexibility index (Phi) is 28.2. The van der Waals surface area contributed by atoms with Crippen molar-refractivity contribution in [3.8, 4) is 11.5 Å². The molecule has 0 unspecified atom stereocenters. The number of sulfone groups is 2. The molecule has 0 radical (unpaired) electrons. The first-order chi connectivity index (χ1) is 24.0. The molecule has 32 heteroatoms. The molecule has 0 aromatic heterocycles. The summed E-state index contributed by atoms with van der Waals surface area (Å²) in [7, 11) is -13.6. The summed E-state index contributed by atoms with van der Waals surface area (Å²) < 4.78 is 103. The minimum absolute atomic E-state index is 0. The van der Waals surface area contributed by atoms with E-state index in [0.29, 0.717) is 6.07 Å². The topological polar surface area (TPSA) is 357 Å². The molecule has 0 atom stereocenters. The van der Waals surface area contributed by atoms with Crippen LogP contribution in [-0.4, -0.2) is 70.7 Å². The van der Waals surface area contributed by atoms with Gasteiger partial charge in [-0.25, -0.2) is 25.3 Å². The Labute approximate surface area is 408 Å². The Morgan fingerprint density at radius 1 is 0.655 bits per heavy atom. The molecule has 55 heavy (non-hydrogen) atoms. The molecule has 0 aliphatic heterocycles. The van der Waals surface area contributed by atoms with E-state index in [1.54, 1.807) is 0 Å². The van der Waals surface area contributed by atoms with Gasteiger partial charge >= 0.3 is 118 Å². The molecule has 0 saturated heterocycles. The van der Waals surface area contributed by atoms with E-state index < -0.39 is 97.8 Å². The maximum Gasteiger partial charge on any atom is 1.00 e. The summed E-state index contributed by atoms with van der Waals surface area (Å²) in [6, 6.07) is 7.42. The van der Waals surface area contributed by atoms with E-state index >= 15 is 0 Å². The molecule has 278 valence electrons. The molecule has 0 amide bonds. The number of azo groups is 2. The number of rotatable bonds is 20. The number of aromatic carboxylic acids is 1. The molecule has 0 heterocycles. The van der Waals surface area contributed by atoms with E-state index in [-0.39, 0.29) is 160 Å². The van der Waals surface area contributed by atoms with Gasteiger partial charge in [-0.2, -0.15) is 5.11 Å². The standard InChI is InChI=1S/C23H22N4O19S5.4Na/c28-21-17(26-24-13-1-3-14(4-2-13)49(34,35)9-7-41-47-45-43-32)12-18(22(29)20(21)23(30)31)27-25-16-6-5-15(11-19(16)51(38,39)40)50(36,37)10-8-42-48-46-44-33;;;;/h1-6,11-12,28-29,32-33H,7-10H2,(H,30,31)(H,38,39,40);;;;/q;4*+1/p-4. The van der Waals surface area contributed by atoms with Gasteiger partial charge in [-0.3, -0.25) is 18.4 Å². The van der Waals surface area contributed by atoms with Gasteiger partial charge in [-0.1, -0.05) is 0 Å². The molecule has 3 aromatic rings. The quantitative estimate of drug-likeness (QED) is 0.0202. The third kappa shape index (κ3) is 17.7. The molecule has 0 saturated carbocycles. The maximum atomic E-state index is 12.6. The second kappa shape index (κ2) is 27.1. The third-order valence-corrected chi connectivity index (χ3v) is 10.8.